The zero-order valence-electron chi connectivity index (χ0n) is 11.2. The number of carbonyl (C=O) groups excluding carboxylic acids is 1. The minimum Gasteiger partial charge on any atom is -0.369 e. The number of aromatic nitrogens is 1. The Morgan fingerprint density at radius 3 is 2.70 bits per heavy atom. The number of pyridine rings is 1. The van der Waals surface area contributed by atoms with Crippen molar-refractivity contribution in [2.24, 2.45) is 5.92 Å². The van der Waals surface area contributed by atoms with Crippen LogP contribution in [0.3, 0.4) is 0 Å². The van der Waals surface area contributed by atoms with Gasteiger partial charge in [0, 0.05) is 37.7 Å². The number of nitrogens with zero attached hydrogens (tertiary/aromatic N) is 4. The monoisotopic (exact) mass is 288 g/mol. The minimum absolute atomic E-state index is 0.119. The van der Waals surface area contributed by atoms with E-state index in [1.165, 1.54) is 0 Å². The Morgan fingerprint density at radius 1 is 1.35 bits per heavy atom. The molecular weight excluding hydrogens is 272 g/mol. The van der Waals surface area contributed by atoms with E-state index in [1.807, 2.05) is 28.8 Å². The number of thioether (sulfide) groups is 1. The molecule has 104 valence electrons. The number of amides is 1. The lowest BCUT2D eigenvalue weighted by atomic mass is 9.97. The van der Waals surface area contributed by atoms with Gasteiger partial charge in [-0.1, -0.05) is 0 Å². The lowest BCUT2D eigenvalue weighted by Gasteiger charge is -2.42. The highest BCUT2D eigenvalue weighted by atomic mass is 32.2. The van der Waals surface area contributed by atoms with Gasteiger partial charge >= 0.3 is 0 Å². The van der Waals surface area contributed by atoms with Crippen LogP contribution in [0.1, 0.15) is 5.69 Å². The molecule has 0 aliphatic carbocycles. The van der Waals surface area contributed by atoms with Crippen LogP contribution in [-0.4, -0.2) is 53.5 Å². The van der Waals surface area contributed by atoms with Gasteiger partial charge in [-0.25, -0.2) is 4.98 Å². The zero-order valence-corrected chi connectivity index (χ0v) is 12.0. The summed E-state index contributed by atoms with van der Waals surface area (Å²) >= 11 is 1.92. The number of anilines is 1. The number of carbonyl (C=O) groups is 1. The van der Waals surface area contributed by atoms with Crippen molar-refractivity contribution in [3.63, 3.8) is 0 Å². The van der Waals surface area contributed by atoms with Crippen LogP contribution in [0.5, 0.6) is 0 Å². The van der Waals surface area contributed by atoms with Crippen LogP contribution in [0.25, 0.3) is 0 Å². The molecule has 0 saturated carbocycles. The second-order valence-corrected chi connectivity index (χ2v) is 6.28. The molecule has 0 N–H and O–H groups in total. The molecule has 0 radical (unpaired) electrons. The molecule has 0 bridgehead atoms. The summed E-state index contributed by atoms with van der Waals surface area (Å²) in [5, 5.41) is 8.72. The predicted octanol–water partition coefficient (Wildman–Crippen LogP) is 0.965. The first-order chi connectivity index (χ1) is 9.78. The van der Waals surface area contributed by atoms with Crippen molar-refractivity contribution >= 4 is 23.4 Å². The van der Waals surface area contributed by atoms with Gasteiger partial charge in [0.15, 0.2) is 0 Å². The molecule has 2 saturated heterocycles. The molecule has 2 aliphatic heterocycles. The van der Waals surface area contributed by atoms with Crippen molar-refractivity contribution in [1.29, 1.82) is 5.26 Å². The average molecular weight is 288 g/mol. The van der Waals surface area contributed by atoms with Crippen LogP contribution in [0.4, 0.5) is 5.69 Å². The van der Waals surface area contributed by atoms with Crippen LogP contribution in [0.2, 0.25) is 0 Å². The molecule has 3 rings (SSSR count). The summed E-state index contributed by atoms with van der Waals surface area (Å²) in [6, 6.07) is 5.61. The van der Waals surface area contributed by atoms with Crippen molar-refractivity contribution in [2.75, 3.05) is 42.6 Å². The van der Waals surface area contributed by atoms with Crippen molar-refractivity contribution in [2.45, 2.75) is 0 Å². The van der Waals surface area contributed by atoms with Crippen LogP contribution < -0.4 is 4.90 Å². The van der Waals surface area contributed by atoms with Gasteiger partial charge in [-0.2, -0.15) is 17.0 Å². The van der Waals surface area contributed by atoms with Gasteiger partial charge in [0.05, 0.1) is 17.8 Å². The van der Waals surface area contributed by atoms with E-state index >= 15 is 0 Å². The summed E-state index contributed by atoms with van der Waals surface area (Å²) in [5.41, 5.74) is 1.41. The van der Waals surface area contributed by atoms with Gasteiger partial charge < -0.3 is 9.80 Å². The normalized spacial score (nSPS) is 19.4. The standard InChI is InChI=1S/C14H16N4OS/c15-7-12-1-2-13(8-16-12)18-9-11(10-18)14(19)17-3-5-20-6-4-17/h1-2,8,11H,3-6,9-10H2. The van der Waals surface area contributed by atoms with Gasteiger partial charge in [0.2, 0.25) is 5.91 Å². The Hall–Kier alpha value is -1.74. The van der Waals surface area contributed by atoms with Crippen molar-refractivity contribution in [3.8, 4) is 6.07 Å². The maximum absolute atomic E-state index is 12.3. The SMILES string of the molecule is N#Cc1ccc(N2CC(C(=O)N3CCSCC3)C2)cn1. The summed E-state index contributed by atoms with van der Waals surface area (Å²) < 4.78 is 0. The van der Waals surface area contributed by atoms with Crippen LogP contribution in [-0.2, 0) is 4.79 Å². The predicted molar refractivity (Wildman–Crippen MR) is 78.6 cm³/mol. The average Bonchev–Trinajstić information content (AvgIpc) is 2.47. The minimum atomic E-state index is 0.119. The van der Waals surface area contributed by atoms with Crippen molar-refractivity contribution in [1.82, 2.24) is 9.88 Å². The summed E-state index contributed by atoms with van der Waals surface area (Å²) in [4.78, 5) is 20.5. The summed E-state index contributed by atoms with van der Waals surface area (Å²) in [6.45, 7) is 3.29. The van der Waals surface area contributed by atoms with E-state index in [2.05, 4.69) is 9.88 Å². The highest BCUT2D eigenvalue weighted by Crippen LogP contribution is 2.26. The number of hydrogen-bond donors (Lipinski definition) is 0. The van der Waals surface area contributed by atoms with Crippen LogP contribution in [0, 0.1) is 17.2 Å². The molecule has 0 spiro atoms. The summed E-state index contributed by atoms with van der Waals surface area (Å²) in [7, 11) is 0. The van der Waals surface area contributed by atoms with Crippen LogP contribution >= 0.6 is 11.8 Å². The Balaban J connectivity index is 1.55. The third-order valence-corrected chi connectivity index (χ3v) is 4.72. The van der Waals surface area contributed by atoms with E-state index < -0.39 is 0 Å². The molecule has 5 nitrogen and oxygen atoms in total. The zero-order chi connectivity index (χ0) is 13.9. The third-order valence-electron chi connectivity index (χ3n) is 3.78. The third kappa shape index (κ3) is 2.59. The maximum Gasteiger partial charge on any atom is 0.229 e. The largest absolute Gasteiger partial charge is 0.369 e. The molecule has 0 unspecified atom stereocenters. The molecule has 1 aromatic rings. The van der Waals surface area contributed by atoms with Gasteiger partial charge in [-0.15, -0.1) is 0 Å². The lowest BCUT2D eigenvalue weighted by Crippen LogP contribution is -2.55. The van der Waals surface area contributed by atoms with Gasteiger partial charge in [-0.3, -0.25) is 4.79 Å². The number of hydrogen-bond acceptors (Lipinski definition) is 5. The van der Waals surface area contributed by atoms with Gasteiger partial charge in [0.25, 0.3) is 0 Å². The first-order valence-electron chi connectivity index (χ1n) is 6.75. The summed E-state index contributed by atoms with van der Waals surface area (Å²) in [5.74, 6) is 2.53. The van der Waals surface area contributed by atoms with E-state index in [0.29, 0.717) is 11.6 Å². The molecule has 3 heterocycles. The molecule has 1 aromatic heterocycles. The number of nitriles is 1. The number of rotatable bonds is 2. The van der Waals surface area contributed by atoms with Gasteiger partial charge in [0.1, 0.15) is 11.8 Å². The molecule has 2 fully saturated rings. The first kappa shape index (κ1) is 13.3. The topological polar surface area (TPSA) is 60.2 Å². The quantitative estimate of drug-likeness (QED) is 0.811. The Labute approximate surface area is 122 Å². The van der Waals surface area contributed by atoms with Gasteiger partial charge in [-0.05, 0) is 12.1 Å². The highest BCUT2D eigenvalue weighted by Gasteiger charge is 2.35. The maximum atomic E-state index is 12.3. The van der Waals surface area contributed by atoms with E-state index in [-0.39, 0.29) is 5.92 Å². The van der Waals surface area contributed by atoms with E-state index in [1.54, 1.807) is 12.3 Å². The Morgan fingerprint density at radius 2 is 2.10 bits per heavy atom. The van der Waals surface area contributed by atoms with E-state index in [9.17, 15) is 4.79 Å². The first-order valence-corrected chi connectivity index (χ1v) is 7.91. The van der Waals surface area contributed by atoms with E-state index in [4.69, 9.17) is 5.26 Å². The Bertz CT molecular complexity index is 527. The molecular formula is C14H16N4OS. The second-order valence-electron chi connectivity index (χ2n) is 5.05. The molecule has 2 aliphatic rings. The van der Waals surface area contributed by atoms with Crippen LogP contribution in [0.15, 0.2) is 18.3 Å². The van der Waals surface area contributed by atoms with Crippen molar-refractivity contribution in [3.05, 3.63) is 24.0 Å². The Kier molecular flexibility index (Phi) is 3.79. The molecule has 0 atom stereocenters. The lowest BCUT2D eigenvalue weighted by molar-refractivity contribution is -0.135. The molecule has 0 aromatic carbocycles. The van der Waals surface area contributed by atoms with Crippen molar-refractivity contribution < 1.29 is 4.79 Å². The fourth-order valence-electron chi connectivity index (χ4n) is 2.53. The fourth-order valence-corrected chi connectivity index (χ4v) is 3.43. The second kappa shape index (κ2) is 5.71. The fraction of sp³-hybridized carbons (Fsp3) is 0.500. The molecule has 6 heteroatoms. The smallest absolute Gasteiger partial charge is 0.229 e. The van der Waals surface area contributed by atoms with E-state index in [0.717, 1.165) is 43.4 Å². The highest BCUT2D eigenvalue weighted by molar-refractivity contribution is 7.99. The molecule has 20 heavy (non-hydrogen) atoms. The summed E-state index contributed by atoms with van der Waals surface area (Å²) in [6.07, 6.45) is 1.71. The molecule has 1 amide bonds.